The van der Waals surface area contributed by atoms with E-state index in [0.717, 1.165) is 0 Å². The minimum Gasteiger partial charge on any atom is -0.481 e. The molecule has 0 bridgehead atoms. The molecule has 0 spiro atoms. The summed E-state index contributed by atoms with van der Waals surface area (Å²) in [5.74, 6) is -0.899. The third-order valence-corrected chi connectivity index (χ3v) is 2.35. The second-order valence-electron chi connectivity index (χ2n) is 4.00. The number of rotatable bonds is 15. The number of carbonyl (C=O) groups is 1. The maximum atomic E-state index is 10.5. The van der Waals surface area contributed by atoms with E-state index in [-0.39, 0.29) is 12.8 Å². The molecule has 0 fully saturated rings. The summed E-state index contributed by atoms with van der Waals surface area (Å²) in [6.07, 6.45) is -22.8. The van der Waals surface area contributed by atoms with E-state index >= 15 is 0 Å². The highest BCUT2D eigenvalue weighted by Crippen LogP contribution is 2.09. The van der Waals surface area contributed by atoms with Crippen LogP contribution in [0, 0.1) is 0 Å². The Balaban J connectivity index is 5.81. The summed E-state index contributed by atoms with van der Waals surface area (Å²) in [6.45, 7) is -3.79. The zero-order chi connectivity index (χ0) is 29.9. The molecule has 2 nitrogen and oxygen atoms in total. The third kappa shape index (κ3) is 17.2. The lowest BCUT2D eigenvalue weighted by molar-refractivity contribution is -0.137. The Morgan fingerprint density at radius 2 is 1.70 bits per heavy atom. The van der Waals surface area contributed by atoms with Crippen LogP contribution in [0.3, 0.4) is 0 Å². The van der Waals surface area contributed by atoms with Crippen molar-refractivity contribution in [3.8, 4) is 0 Å². The normalized spacial score (nSPS) is 29.5. The van der Waals surface area contributed by atoms with Crippen LogP contribution in [0.25, 0.3) is 0 Å². The monoisotopic (exact) mass is 299 g/mol. The maximum absolute atomic E-state index is 10.5. The number of carboxylic acid groups (broad SMARTS) is 1. The molecular formula is C18H34O2. The standard InChI is InChI=1S/C18H34O2/c1-2-3-4-5-6-7-8-9-10-11-12-13-14-15-16-17-18(19)20/h9-10H,2-8,11-17H2,1H3,(H,19,20)/b10-9-/i1D3,2D2,3D2,4D2,5D2,6D2,7D2,8D2. The minimum atomic E-state index is -4.28. The number of hydrogen-bond acceptors (Lipinski definition) is 1. The summed E-state index contributed by atoms with van der Waals surface area (Å²) in [7, 11) is 0. The molecule has 0 aromatic heterocycles. The van der Waals surface area contributed by atoms with Gasteiger partial charge >= 0.3 is 5.97 Å². The van der Waals surface area contributed by atoms with Crippen molar-refractivity contribution in [3.05, 3.63) is 12.2 Å². The Morgan fingerprint density at radius 3 is 2.50 bits per heavy atom. The molecule has 0 aliphatic rings. The zero-order valence-corrected chi connectivity index (χ0v) is 11.5. The van der Waals surface area contributed by atoms with E-state index in [0.29, 0.717) is 38.2 Å². The van der Waals surface area contributed by atoms with Gasteiger partial charge in [-0.25, -0.2) is 0 Å². The average molecular weight is 300 g/mol. The Morgan fingerprint density at radius 1 is 1.00 bits per heavy atom. The number of aliphatic carboxylic acids is 1. The second-order valence-corrected chi connectivity index (χ2v) is 4.00. The quantitative estimate of drug-likeness (QED) is 0.292. The van der Waals surface area contributed by atoms with Crippen LogP contribution in [0.2, 0.25) is 0 Å². The molecule has 0 aliphatic heterocycles. The molecule has 0 aliphatic carbocycles. The minimum absolute atomic E-state index is 0.0466. The van der Waals surface area contributed by atoms with Gasteiger partial charge in [0.1, 0.15) is 0 Å². The van der Waals surface area contributed by atoms with Crippen molar-refractivity contribution in [2.24, 2.45) is 0 Å². The van der Waals surface area contributed by atoms with Crippen LogP contribution < -0.4 is 0 Å². The fourth-order valence-electron chi connectivity index (χ4n) is 1.41. The Labute approximate surface area is 149 Å². The highest BCUT2D eigenvalue weighted by Gasteiger charge is 1.95. The van der Waals surface area contributed by atoms with Crippen LogP contribution in [0.15, 0.2) is 12.2 Å². The van der Waals surface area contributed by atoms with Crippen molar-refractivity contribution in [2.45, 2.75) is 96.4 Å². The van der Waals surface area contributed by atoms with Gasteiger partial charge in [-0.05, 0) is 32.0 Å². The van der Waals surface area contributed by atoms with E-state index in [1.54, 1.807) is 0 Å². The highest BCUT2D eigenvalue weighted by atomic mass is 16.4. The molecule has 0 saturated heterocycles. The van der Waals surface area contributed by atoms with Gasteiger partial charge in [-0.3, -0.25) is 4.79 Å². The first kappa shape index (κ1) is 5.14. The summed E-state index contributed by atoms with van der Waals surface area (Å²) in [5, 5.41) is 8.58. The smallest absolute Gasteiger partial charge is 0.303 e. The van der Waals surface area contributed by atoms with Crippen LogP contribution >= 0.6 is 0 Å². The van der Waals surface area contributed by atoms with Gasteiger partial charge in [0.05, 0.1) is 0 Å². The molecule has 20 heavy (non-hydrogen) atoms. The van der Waals surface area contributed by atoms with Gasteiger partial charge in [0, 0.05) is 29.7 Å². The van der Waals surface area contributed by atoms with E-state index in [1.807, 2.05) is 0 Å². The predicted octanol–water partition coefficient (Wildman–Crippen LogP) is 6.11. The van der Waals surface area contributed by atoms with Crippen molar-refractivity contribution < 1.29 is 33.2 Å². The first-order chi connectivity index (χ1) is 16.2. The SMILES string of the molecule is [2H]C([2H])([2H])C([2H])([2H])C([2H])([2H])C([2H])([2H])C([2H])([2H])C([2H])([2H])C([2H])([2H])C([2H])([2H])/C=C\CCCCCCCC(=O)O. The van der Waals surface area contributed by atoms with Crippen molar-refractivity contribution in [2.75, 3.05) is 0 Å². The Kier molecular flexibility index (Phi) is 4.18. The van der Waals surface area contributed by atoms with Crippen LogP contribution in [0.4, 0.5) is 0 Å². The molecule has 118 valence electrons. The van der Waals surface area contributed by atoms with Crippen molar-refractivity contribution in [1.82, 2.24) is 0 Å². The summed E-state index contributed by atoms with van der Waals surface area (Å²) in [6, 6.07) is 0. The number of carboxylic acids is 1. The lowest BCUT2D eigenvalue weighted by Gasteiger charge is -1.99. The highest BCUT2D eigenvalue weighted by molar-refractivity contribution is 5.66. The fraction of sp³-hybridized carbons (Fsp3) is 0.833. The van der Waals surface area contributed by atoms with Gasteiger partial charge in [0.15, 0.2) is 0 Å². The van der Waals surface area contributed by atoms with Gasteiger partial charge in [-0.2, -0.15) is 0 Å². The number of allylic oxidation sites excluding steroid dienone is 2. The average Bonchev–Trinajstić information content (AvgIpc) is 2.70. The van der Waals surface area contributed by atoms with E-state index in [4.69, 9.17) is 28.4 Å². The molecular weight excluding hydrogens is 248 g/mol. The predicted molar refractivity (Wildman–Crippen MR) is 87.1 cm³/mol. The lowest BCUT2D eigenvalue weighted by Crippen LogP contribution is -1.93. The van der Waals surface area contributed by atoms with Crippen LogP contribution in [-0.4, -0.2) is 11.1 Å². The van der Waals surface area contributed by atoms with Gasteiger partial charge in [0.25, 0.3) is 0 Å². The topological polar surface area (TPSA) is 37.3 Å². The molecule has 0 unspecified atom stereocenters. The largest absolute Gasteiger partial charge is 0.481 e. The lowest BCUT2D eigenvalue weighted by atomic mass is 10.1. The van der Waals surface area contributed by atoms with E-state index in [1.165, 1.54) is 6.08 Å². The van der Waals surface area contributed by atoms with Gasteiger partial charge in [0.2, 0.25) is 0 Å². The van der Waals surface area contributed by atoms with Crippen molar-refractivity contribution in [3.63, 3.8) is 0 Å². The van der Waals surface area contributed by atoms with Crippen LogP contribution in [0.1, 0.15) is 120 Å². The fourth-order valence-corrected chi connectivity index (χ4v) is 1.41. The maximum Gasteiger partial charge on any atom is 0.303 e. The Hall–Kier alpha value is -0.790. The molecule has 1 N–H and O–H groups in total. The molecule has 0 heterocycles. The van der Waals surface area contributed by atoms with Gasteiger partial charge < -0.3 is 5.11 Å². The second kappa shape index (κ2) is 16.3. The Bertz CT molecular complexity index is 799. The molecule has 0 atom stereocenters. The van der Waals surface area contributed by atoms with E-state index < -0.39 is 57.4 Å². The summed E-state index contributed by atoms with van der Waals surface area (Å²) in [4.78, 5) is 10.5. The summed E-state index contributed by atoms with van der Waals surface area (Å²) < 4.78 is 133. The van der Waals surface area contributed by atoms with Crippen molar-refractivity contribution in [1.29, 1.82) is 0 Å². The van der Waals surface area contributed by atoms with E-state index in [2.05, 4.69) is 0 Å². The van der Waals surface area contributed by atoms with Crippen LogP contribution in [0.5, 0.6) is 0 Å². The van der Waals surface area contributed by atoms with Gasteiger partial charge in [-0.1, -0.05) is 70.1 Å². The van der Waals surface area contributed by atoms with Crippen molar-refractivity contribution >= 4 is 5.97 Å². The molecule has 2 heteroatoms. The molecule has 0 rings (SSSR count). The molecule has 0 radical (unpaired) electrons. The number of hydrogen-bond donors (Lipinski definition) is 1. The molecule has 0 saturated carbocycles. The zero-order valence-electron chi connectivity index (χ0n) is 28.5. The van der Waals surface area contributed by atoms with Gasteiger partial charge in [-0.15, -0.1) is 0 Å². The number of unbranched alkanes of at least 4 members (excludes halogenated alkanes) is 5. The molecule has 0 aromatic rings. The molecule has 0 aromatic carbocycles. The molecule has 0 amide bonds. The first-order valence-electron chi connectivity index (χ1n) is 15.1. The third-order valence-electron chi connectivity index (χ3n) is 2.35. The van der Waals surface area contributed by atoms with Crippen LogP contribution in [-0.2, 0) is 4.79 Å². The summed E-state index contributed by atoms with van der Waals surface area (Å²) in [5.41, 5.74) is 0. The summed E-state index contributed by atoms with van der Waals surface area (Å²) >= 11 is 0. The first-order valence-corrected chi connectivity index (χ1v) is 6.56. The van der Waals surface area contributed by atoms with E-state index in [9.17, 15) is 4.79 Å².